The minimum atomic E-state index is -0.127. The van der Waals surface area contributed by atoms with Gasteiger partial charge in [-0.25, -0.2) is 0 Å². The van der Waals surface area contributed by atoms with Crippen LogP contribution in [0, 0.1) is 0 Å². The molecule has 158 valence electrons. The maximum Gasteiger partial charge on any atom is 0.141 e. The van der Waals surface area contributed by atoms with E-state index in [9.17, 15) is 0 Å². The highest BCUT2D eigenvalue weighted by atomic mass is 32.1. The van der Waals surface area contributed by atoms with Gasteiger partial charge >= 0.3 is 0 Å². The molecule has 4 aromatic heterocycles. The lowest BCUT2D eigenvalue weighted by Crippen LogP contribution is -2.13. The van der Waals surface area contributed by atoms with Crippen molar-refractivity contribution >= 4 is 39.3 Å². The summed E-state index contributed by atoms with van der Waals surface area (Å²) in [5.41, 5.74) is 9.47. The Kier molecular flexibility index (Phi) is 4.32. The van der Waals surface area contributed by atoms with E-state index in [1.54, 1.807) is 11.3 Å². The first-order valence-corrected chi connectivity index (χ1v) is 11.3. The number of aromatic nitrogens is 4. The molecule has 5 aromatic rings. The quantitative estimate of drug-likeness (QED) is 0.350. The fourth-order valence-electron chi connectivity index (χ4n) is 4.10. The van der Waals surface area contributed by atoms with Gasteiger partial charge in [-0.1, -0.05) is 6.07 Å². The van der Waals surface area contributed by atoms with E-state index in [2.05, 4.69) is 70.7 Å². The summed E-state index contributed by atoms with van der Waals surface area (Å²) >= 11 is 1.68. The van der Waals surface area contributed by atoms with Crippen LogP contribution in [-0.4, -0.2) is 34.3 Å². The predicted molar refractivity (Wildman–Crippen MR) is 131 cm³/mol. The van der Waals surface area contributed by atoms with E-state index >= 15 is 0 Å². The van der Waals surface area contributed by atoms with Gasteiger partial charge in [-0.2, -0.15) is 16.4 Å². The molecule has 1 unspecified atom stereocenters. The third kappa shape index (κ3) is 3.07. The summed E-state index contributed by atoms with van der Waals surface area (Å²) in [5, 5.41) is 20.2. The molecular weight excluding hydrogens is 418 g/mol. The molecule has 1 aliphatic heterocycles. The van der Waals surface area contributed by atoms with Crippen molar-refractivity contribution in [2.24, 2.45) is 0 Å². The molecule has 1 atom stereocenters. The van der Waals surface area contributed by atoms with E-state index in [4.69, 9.17) is 0 Å². The standard InChI is InChI=1S/C24H21N7S/c1-31(2)17-7-16(9-25-10-17)14-3-4-20-18(8-14)23(30-29-20)24-27-21-12-26-11-19(22(21)28-24)15-5-6-32-13-15/h3-13,24,27-28H,1-2H3,(H,29,30). The molecule has 0 saturated heterocycles. The Morgan fingerprint density at radius 2 is 1.81 bits per heavy atom. The highest BCUT2D eigenvalue weighted by Gasteiger charge is 2.27. The number of fused-ring (bicyclic) bond motifs is 2. The van der Waals surface area contributed by atoms with Gasteiger partial charge in [-0.15, -0.1) is 0 Å². The van der Waals surface area contributed by atoms with E-state index < -0.39 is 0 Å². The number of hydrogen-bond acceptors (Lipinski definition) is 7. The number of rotatable bonds is 4. The maximum absolute atomic E-state index is 4.54. The number of nitrogens with one attached hydrogen (secondary N) is 3. The fraction of sp³-hybridized carbons (Fsp3) is 0.125. The summed E-state index contributed by atoms with van der Waals surface area (Å²) in [5.74, 6) is 0. The molecule has 8 heteroatoms. The number of thiophene rings is 1. The lowest BCUT2D eigenvalue weighted by molar-refractivity contribution is 0.874. The number of benzene rings is 1. The van der Waals surface area contributed by atoms with Gasteiger partial charge in [0.1, 0.15) is 6.17 Å². The second-order valence-corrected chi connectivity index (χ2v) is 8.82. The molecule has 0 spiro atoms. The van der Waals surface area contributed by atoms with Crippen LogP contribution in [-0.2, 0) is 0 Å². The van der Waals surface area contributed by atoms with Crippen LogP contribution in [0.3, 0.4) is 0 Å². The van der Waals surface area contributed by atoms with Crippen molar-refractivity contribution in [2.45, 2.75) is 6.17 Å². The predicted octanol–water partition coefficient (Wildman–Crippen LogP) is 5.35. The Morgan fingerprint density at radius 1 is 0.906 bits per heavy atom. The monoisotopic (exact) mass is 439 g/mol. The Hall–Kier alpha value is -3.91. The van der Waals surface area contributed by atoms with Crippen molar-refractivity contribution < 1.29 is 0 Å². The normalized spacial score (nSPS) is 14.8. The van der Waals surface area contributed by atoms with Gasteiger partial charge in [0, 0.05) is 43.0 Å². The molecule has 32 heavy (non-hydrogen) atoms. The summed E-state index contributed by atoms with van der Waals surface area (Å²) in [6, 6.07) is 10.6. The number of H-pyrrole nitrogens is 1. The highest BCUT2D eigenvalue weighted by molar-refractivity contribution is 7.08. The molecule has 1 aromatic carbocycles. The third-order valence-electron chi connectivity index (χ3n) is 5.81. The Bertz CT molecular complexity index is 1420. The van der Waals surface area contributed by atoms with Crippen molar-refractivity contribution in [1.29, 1.82) is 0 Å². The first-order chi connectivity index (χ1) is 15.7. The molecule has 0 fully saturated rings. The Balaban J connectivity index is 1.38. The van der Waals surface area contributed by atoms with Crippen LogP contribution in [0.2, 0.25) is 0 Å². The second-order valence-electron chi connectivity index (χ2n) is 8.04. The van der Waals surface area contributed by atoms with Gasteiger partial charge in [0.05, 0.1) is 40.7 Å². The third-order valence-corrected chi connectivity index (χ3v) is 6.50. The van der Waals surface area contributed by atoms with Crippen LogP contribution in [0.1, 0.15) is 11.9 Å². The minimum Gasteiger partial charge on any atom is -0.376 e. The SMILES string of the molecule is CN(C)c1cncc(-c2ccc3n[nH]c(C4Nc5cncc(-c6ccsc6)c5N4)c3c2)c1. The van der Waals surface area contributed by atoms with Gasteiger partial charge in [0.25, 0.3) is 0 Å². The molecule has 3 N–H and O–H groups in total. The molecule has 7 nitrogen and oxygen atoms in total. The maximum atomic E-state index is 4.54. The van der Waals surface area contributed by atoms with Gasteiger partial charge in [0.2, 0.25) is 0 Å². The number of aromatic amines is 1. The molecular formula is C24H21N7S. The van der Waals surface area contributed by atoms with E-state index in [1.807, 2.05) is 44.9 Å². The summed E-state index contributed by atoms with van der Waals surface area (Å²) in [6.07, 6.45) is 7.41. The fourth-order valence-corrected chi connectivity index (χ4v) is 4.76. The zero-order valence-electron chi connectivity index (χ0n) is 17.6. The molecule has 0 bridgehead atoms. The Labute approximate surface area is 189 Å². The zero-order chi connectivity index (χ0) is 21.7. The minimum absolute atomic E-state index is 0.127. The molecule has 6 rings (SSSR count). The van der Waals surface area contributed by atoms with Crippen molar-refractivity contribution in [3.05, 3.63) is 71.6 Å². The van der Waals surface area contributed by atoms with Crippen molar-refractivity contribution in [1.82, 2.24) is 20.2 Å². The summed E-state index contributed by atoms with van der Waals surface area (Å²) < 4.78 is 0. The van der Waals surface area contributed by atoms with Crippen molar-refractivity contribution in [3.8, 4) is 22.3 Å². The first-order valence-electron chi connectivity index (χ1n) is 10.3. The van der Waals surface area contributed by atoms with Gasteiger partial charge in [-0.3, -0.25) is 15.1 Å². The van der Waals surface area contributed by atoms with Crippen LogP contribution in [0.25, 0.3) is 33.2 Å². The van der Waals surface area contributed by atoms with Gasteiger partial charge in [-0.05, 0) is 46.2 Å². The molecule has 0 saturated carbocycles. The Morgan fingerprint density at radius 3 is 2.66 bits per heavy atom. The molecule has 0 aliphatic carbocycles. The lowest BCUT2D eigenvalue weighted by atomic mass is 10.0. The van der Waals surface area contributed by atoms with E-state index in [0.717, 1.165) is 50.3 Å². The topological polar surface area (TPSA) is 81.8 Å². The summed E-state index contributed by atoms with van der Waals surface area (Å²) in [6.45, 7) is 0. The van der Waals surface area contributed by atoms with E-state index in [0.29, 0.717) is 0 Å². The van der Waals surface area contributed by atoms with Crippen LogP contribution >= 0.6 is 11.3 Å². The van der Waals surface area contributed by atoms with Crippen LogP contribution in [0.4, 0.5) is 17.1 Å². The molecule has 5 heterocycles. The van der Waals surface area contributed by atoms with Crippen LogP contribution < -0.4 is 15.5 Å². The lowest BCUT2D eigenvalue weighted by Gasteiger charge is -2.13. The number of nitrogens with zero attached hydrogens (tertiary/aromatic N) is 4. The van der Waals surface area contributed by atoms with E-state index in [-0.39, 0.29) is 6.17 Å². The number of anilines is 3. The van der Waals surface area contributed by atoms with Crippen molar-refractivity contribution in [3.63, 3.8) is 0 Å². The molecule has 0 amide bonds. The summed E-state index contributed by atoms with van der Waals surface area (Å²) in [4.78, 5) is 10.9. The summed E-state index contributed by atoms with van der Waals surface area (Å²) in [7, 11) is 4.04. The first kappa shape index (κ1) is 18.8. The molecule has 1 aliphatic rings. The second kappa shape index (κ2) is 7.35. The van der Waals surface area contributed by atoms with Crippen LogP contribution in [0.5, 0.6) is 0 Å². The van der Waals surface area contributed by atoms with Gasteiger partial charge < -0.3 is 15.5 Å². The average molecular weight is 440 g/mol. The molecule has 0 radical (unpaired) electrons. The van der Waals surface area contributed by atoms with Gasteiger partial charge in [0.15, 0.2) is 0 Å². The van der Waals surface area contributed by atoms with Crippen molar-refractivity contribution in [2.75, 3.05) is 29.6 Å². The number of pyridine rings is 2. The van der Waals surface area contributed by atoms with E-state index in [1.165, 1.54) is 5.56 Å². The largest absolute Gasteiger partial charge is 0.376 e. The number of hydrogen-bond donors (Lipinski definition) is 3. The highest BCUT2D eigenvalue weighted by Crippen LogP contribution is 2.42. The zero-order valence-corrected chi connectivity index (χ0v) is 18.4. The average Bonchev–Trinajstić information content (AvgIpc) is 3.57. The smallest absolute Gasteiger partial charge is 0.141 e. The van der Waals surface area contributed by atoms with Crippen LogP contribution in [0.15, 0.2) is 65.9 Å².